The minimum atomic E-state index is 0.172. The number of likely N-dealkylation sites (N-methyl/N-ethyl adjacent to an activating group) is 1. The lowest BCUT2D eigenvalue weighted by Crippen LogP contribution is -2.43. The van der Waals surface area contributed by atoms with Gasteiger partial charge in [-0.15, -0.1) is 0 Å². The zero-order chi connectivity index (χ0) is 11.3. The molecule has 1 aliphatic rings. The molecule has 1 atom stereocenters. The first-order valence-corrected chi connectivity index (χ1v) is 5.85. The summed E-state index contributed by atoms with van der Waals surface area (Å²) in [5.41, 5.74) is 0. The maximum Gasteiger partial charge on any atom is 0.236 e. The van der Waals surface area contributed by atoms with E-state index < -0.39 is 0 Å². The zero-order valence-corrected chi connectivity index (χ0v) is 9.78. The van der Waals surface area contributed by atoms with E-state index in [0.717, 1.165) is 32.5 Å². The van der Waals surface area contributed by atoms with Gasteiger partial charge in [-0.2, -0.15) is 0 Å². The molecule has 1 fully saturated rings. The van der Waals surface area contributed by atoms with E-state index in [0.29, 0.717) is 6.54 Å². The van der Waals surface area contributed by atoms with Crippen molar-refractivity contribution < 1.29 is 9.90 Å². The second-order valence-corrected chi connectivity index (χ2v) is 4.02. The Kier molecular flexibility index (Phi) is 5.05. The van der Waals surface area contributed by atoms with Crippen molar-refractivity contribution in [2.75, 3.05) is 32.8 Å². The molecule has 0 saturated carbocycles. The van der Waals surface area contributed by atoms with Gasteiger partial charge >= 0.3 is 0 Å². The average Bonchev–Trinajstić information content (AvgIpc) is 2.67. The Bertz CT molecular complexity index is 205. The Morgan fingerprint density at radius 3 is 2.67 bits per heavy atom. The van der Waals surface area contributed by atoms with Gasteiger partial charge in [0.25, 0.3) is 0 Å². The lowest BCUT2D eigenvalue weighted by Gasteiger charge is -2.26. The van der Waals surface area contributed by atoms with E-state index in [1.807, 2.05) is 18.7 Å². The van der Waals surface area contributed by atoms with Crippen LogP contribution in [0, 0.1) is 0 Å². The number of aliphatic hydroxyl groups excluding tert-OH is 1. The molecule has 1 heterocycles. The monoisotopic (exact) mass is 214 g/mol. The number of aliphatic hydroxyl groups is 1. The van der Waals surface area contributed by atoms with Crippen molar-refractivity contribution in [3.8, 4) is 0 Å². The molecule has 1 N–H and O–H groups in total. The van der Waals surface area contributed by atoms with Gasteiger partial charge in [0.2, 0.25) is 5.91 Å². The third-order valence-corrected chi connectivity index (χ3v) is 3.16. The van der Waals surface area contributed by atoms with Crippen LogP contribution in [0.25, 0.3) is 0 Å². The standard InChI is InChI=1S/C11H22N2O2/c1-3-12(4-2)11(15)8-13-7-5-6-10(13)9-14/h10,14H,3-9H2,1-2H3/t10-/m0/s1. The maximum absolute atomic E-state index is 11.8. The number of carbonyl (C=O) groups excluding carboxylic acids is 1. The molecule has 1 saturated heterocycles. The molecule has 0 aliphatic carbocycles. The largest absolute Gasteiger partial charge is 0.395 e. The molecule has 0 aromatic carbocycles. The second kappa shape index (κ2) is 6.08. The van der Waals surface area contributed by atoms with Gasteiger partial charge in [0.05, 0.1) is 13.2 Å². The van der Waals surface area contributed by atoms with Gasteiger partial charge in [0.1, 0.15) is 0 Å². The molecule has 1 amide bonds. The Morgan fingerprint density at radius 2 is 2.13 bits per heavy atom. The SMILES string of the molecule is CCN(CC)C(=O)CN1CCC[C@H]1CO. The zero-order valence-electron chi connectivity index (χ0n) is 9.78. The molecule has 1 rings (SSSR count). The predicted molar refractivity (Wildman–Crippen MR) is 59.6 cm³/mol. The fourth-order valence-electron chi connectivity index (χ4n) is 2.16. The van der Waals surface area contributed by atoms with Gasteiger partial charge in [-0.25, -0.2) is 0 Å². The van der Waals surface area contributed by atoms with Crippen LogP contribution in [0.4, 0.5) is 0 Å². The molecule has 1 aliphatic heterocycles. The van der Waals surface area contributed by atoms with E-state index in [2.05, 4.69) is 4.90 Å². The summed E-state index contributed by atoms with van der Waals surface area (Å²) in [6.45, 7) is 7.11. The summed E-state index contributed by atoms with van der Waals surface area (Å²) in [6, 6.07) is 0.199. The first kappa shape index (κ1) is 12.5. The van der Waals surface area contributed by atoms with Crippen LogP contribution in [-0.2, 0) is 4.79 Å². The second-order valence-electron chi connectivity index (χ2n) is 4.02. The highest BCUT2D eigenvalue weighted by atomic mass is 16.3. The maximum atomic E-state index is 11.8. The summed E-state index contributed by atoms with van der Waals surface area (Å²) in [6.07, 6.45) is 2.11. The van der Waals surface area contributed by atoms with Gasteiger partial charge in [-0.3, -0.25) is 9.69 Å². The number of rotatable bonds is 5. The third-order valence-electron chi connectivity index (χ3n) is 3.16. The van der Waals surface area contributed by atoms with Crippen molar-refractivity contribution in [1.29, 1.82) is 0 Å². The van der Waals surface area contributed by atoms with Crippen LogP contribution in [0.15, 0.2) is 0 Å². The average molecular weight is 214 g/mol. The molecule has 0 spiro atoms. The highest BCUT2D eigenvalue weighted by Crippen LogP contribution is 2.16. The molecule has 4 heteroatoms. The number of hydrogen-bond donors (Lipinski definition) is 1. The van der Waals surface area contributed by atoms with Gasteiger partial charge in [-0.05, 0) is 33.2 Å². The number of amides is 1. The van der Waals surface area contributed by atoms with Gasteiger partial charge in [-0.1, -0.05) is 0 Å². The molecule has 88 valence electrons. The molecule has 0 unspecified atom stereocenters. The van der Waals surface area contributed by atoms with Crippen molar-refractivity contribution in [3.05, 3.63) is 0 Å². The fourth-order valence-corrected chi connectivity index (χ4v) is 2.16. The van der Waals surface area contributed by atoms with Crippen LogP contribution >= 0.6 is 0 Å². The molecule has 0 aromatic heterocycles. The molecule has 0 radical (unpaired) electrons. The van der Waals surface area contributed by atoms with Crippen molar-refractivity contribution in [2.24, 2.45) is 0 Å². The van der Waals surface area contributed by atoms with Crippen LogP contribution in [0.2, 0.25) is 0 Å². The summed E-state index contributed by atoms with van der Waals surface area (Å²) in [5.74, 6) is 0.181. The Hall–Kier alpha value is -0.610. The Balaban J connectivity index is 2.42. The molecule has 0 bridgehead atoms. The molecule has 0 aromatic rings. The summed E-state index contributed by atoms with van der Waals surface area (Å²) >= 11 is 0. The van der Waals surface area contributed by atoms with E-state index >= 15 is 0 Å². The van der Waals surface area contributed by atoms with Crippen molar-refractivity contribution in [3.63, 3.8) is 0 Å². The van der Waals surface area contributed by atoms with E-state index in [4.69, 9.17) is 5.11 Å². The van der Waals surface area contributed by atoms with Crippen molar-refractivity contribution >= 4 is 5.91 Å². The first-order valence-electron chi connectivity index (χ1n) is 5.85. The van der Waals surface area contributed by atoms with Gasteiger partial charge in [0, 0.05) is 19.1 Å². The number of hydrogen-bond acceptors (Lipinski definition) is 3. The molecular formula is C11H22N2O2. The van der Waals surface area contributed by atoms with E-state index in [1.54, 1.807) is 0 Å². The van der Waals surface area contributed by atoms with Gasteiger partial charge in [0.15, 0.2) is 0 Å². The first-order chi connectivity index (χ1) is 7.22. The summed E-state index contributed by atoms with van der Waals surface area (Å²) < 4.78 is 0. The molecule has 15 heavy (non-hydrogen) atoms. The van der Waals surface area contributed by atoms with Crippen LogP contribution in [-0.4, -0.2) is 59.6 Å². The van der Waals surface area contributed by atoms with Crippen molar-refractivity contribution in [1.82, 2.24) is 9.80 Å². The minimum Gasteiger partial charge on any atom is -0.395 e. The Morgan fingerprint density at radius 1 is 1.47 bits per heavy atom. The number of likely N-dealkylation sites (tertiary alicyclic amines) is 1. The predicted octanol–water partition coefficient (Wildman–Crippen LogP) is 0.311. The summed E-state index contributed by atoms with van der Waals surface area (Å²) in [7, 11) is 0. The fraction of sp³-hybridized carbons (Fsp3) is 0.909. The highest BCUT2D eigenvalue weighted by molar-refractivity contribution is 5.78. The summed E-state index contributed by atoms with van der Waals surface area (Å²) in [4.78, 5) is 15.8. The third kappa shape index (κ3) is 3.18. The molecule has 4 nitrogen and oxygen atoms in total. The minimum absolute atomic E-state index is 0.172. The normalized spacial score (nSPS) is 21.9. The lowest BCUT2D eigenvalue weighted by atomic mass is 10.2. The van der Waals surface area contributed by atoms with Gasteiger partial charge < -0.3 is 10.0 Å². The number of nitrogens with zero attached hydrogens (tertiary/aromatic N) is 2. The summed E-state index contributed by atoms with van der Waals surface area (Å²) in [5, 5.41) is 9.14. The smallest absolute Gasteiger partial charge is 0.236 e. The van der Waals surface area contributed by atoms with Crippen LogP contribution in [0.1, 0.15) is 26.7 Å². The topological polar surface area (TPSA) is 43.8 Å². The number of carbonyl (C=O) groups is 1. The van der Waals surface area contributed by atoms with E-state index in [9.17, 15) is 4.79 Å². The van der Waals surface area contributed by atoms with Crippen molar-refractivity contribution in [2.45, 2.75) is 32.7 Å². The lowest BCUT2D eigenvalue weighted by molar-refractivity contribution is -0.132. The van der Waals surface area contributed by atoms with Crippen LogP contribution in [0.5, 0.6) is 0 Å². The van der Waals surface area contributed by atoms with E-state index in [-0.39, 0.29) is 18.6 Å². The Labute approximate surface area is 91.9 Å². The van der Waals surface area contributed by atoms with E-state index in [1.165, 1.54) is 0 Å². The van der Waals surface area contributed by atoms with Crippen LogP contribution in [0.3, 0.4) is 0 Å². The highest BCUT2D eigenvalue weighted by Gasteiger charge is 2.26. The quantitative estimate of drug-likeness (QED) is 0.716. The molecular weight excluding hydrogens is 192 g/mol. The van der Waals surface area contributed by atoms with Crippen LogP contribution < -0.4 is 0 Å².